The molecule has 0 saturated carbocycles. The lowest BCUT2D eigenvalue weighted by molar-refractivity contribution is -0.123. The molecule has 0 amide bonds. The quantitative estimate of drug-likeness (QED) is 0.779. The Morgan fingerprint density at radius 3 is 2.50 bits per heavy atom. The van der Waals surface area contributed by atoms with Gasteiger partial charge in [-0.05, 0) is 24.1 Å². The summed E-state index contributed by atoms with van der Waals surface area (Å²) in [6, 6.07) is 3.37. The summed E-state index contributed by atoms with van der Waals surface area (Å²) in [6.45, 7) is 3.74. The Kier molecular flexibility index (Phi) is 3.77. The molecule has 2 N–H and O–H groups in total. The summed E-state index contributed by atoms with van der Waals surface area (Å²) in [6.07, 6.45) is 4.02. The predicted molar refractivity (Wildman–Crippen MR) is 55.8 cm³/mol. The molecule has 0 unspecified atom stereocenters. The van der Waals surface area contributed by atoms with E-state index in [4.69, 9.17) is 5.73 Å². The molecule has 0 bridgehead atoms. The zero-order valence-corrected chi connectivity index (χ0v) is 8.60. The van der Waals surface area contributed by atoms with Gasteiger partial charge in [-0.2, -0.15) is 0 Å². The number of rotatable bonds is 4. The van der Waals surface area contributed by atoms with E-state index in [-0.39, 0.29) is 11.7 Å². The monoisotopic (exact) mass is 192 g/mol. The lowest BCUT2D eigenvalue weighted by Crippen LogP contribution is -2.35. The number of hydrogen-bond acceptors (Lipinski definition) is 3. The molecule has 1 heterocycles. The Morgan fingerprint density at radius 2 is 2.00 bits per heavy atom. The van der Waals surface area contributed by atoms with Gasteiger partial charge in [-0.15, -0.1) is 0 Å². The first kappa shape index (κ1) is 10.9. The summed E-state index contributed by atoms with van der Waals surface area (Å²) in [7, 11) is 0. The Labute approximate surface area is 84.3 Å². The van der Waals surface area contributed by atoms with E-state index in [9.17, 15) is 4.79 Å². The molecule has 0 aliphatic carbocycles. The third-order valence-corrected chi connectivity index (χ3v) is 2.14. The fraction of sp³-hybridized carbons (Fsp3) is 0.455. The summed E-state index contributed by atoms with van der Waals surface area (Å²) < 4.78 is 0. The summed E-state index contributed by atoms with van der Waals surface area (Å²) >= 11 is 0. The molecular formula is C11H16N2O. The molecule has 1 rings (SSSR count). The topological polar surface area (TPSA) is 56.0 Å². The third kappa shape index (κ3) is 2.92. The van der Waals surface area contributed by atoms with E-state index in [0.717, 1.165) is 5.56 Å². The van der Waals surface area contributed by atoms with Crippen molar-refractivity contribution < 1.29 is 4.79 Å². The first-order valence-electron chi connectivity index (χ1n) is 4.79. The van der Waals surface area contributed by atoms with Crippen molar-refractivity contribution in [1.29, 1.82) is 0 Å². The molecule has 3 nitrogen and oxygen atoms in total. The highest BCUT2D eigenvalue weighted by Crippen LogP contribution is 2.05. The molecule has 0 aliphatic rings. The van der Waals surface area contributed by atoms with Crippen molar-refractivity contribution in [2.24, 2.45) is 11.7 Å². The van der Waals surface area contributed by atoms with Crippen LogP contribution in [0.4, 0.5) is 0 Å². The second kappa shape index (κ2) is 4.86. The Morgan fingerprint density at radius 1 is 1.43 bits per heavy atom. The Bertz CT molecular complexity index is 295. The van der Waals surface area contributed by atoms with Crippen LogP contribution < -0.4 is 5.73 Å². The molecule has 1 aromatic heterocycles. The van der Waals surface area contributed by atoms with Gasteiger partial charge in [-0.1, -0.05) is 13.8 Å². The minimum absolute atomic E-state index is 0.00633. The zero-order chi connectivity index (χ0) is 10.6. The van der Waals surface area contributed by atoms with E-state index in [1.54, 1.807) is 12.4 Å². The third-order valence-electron chi connectivity index (χ3n) is 2.14. The molecule has 0 fully saturated rings. The van der Waals surface area contributed by atoms with Gasteiger partial charge in [0.15, 0.2) is 5.78 Å². The smallest absolute Gasteiger partial charge is 0.152 e. The highest BCUT2D eigenvalue weighted by molar-refractivity contribution is 5.85. The van der Waals surface area contributed by atoms with Gasteiger partial charge in [-0.25, -0.2) is 0 Å². The number of aromatic nitrogens is 1. The summed E-state index contributed by atoms with van der Waals surface area (Å²) in [4.78, 5) is 15.4. The van der Waals surface area contributed by atoms with Gasteiger partial charge in [0.2, 0.25) is 0 Å². The van der Waals surface area contributed by atoms with Crippen LogP contribution in [0.3, 0.4) is 0 Å². The van der Waals surface area contributed by atoms with Crippen molar-refractivity contribution in [1.82, 2.24) is 4.98 Å². The van der Waals surface area contributed by atoms with Gasteiger partial charge >= 0.3 is 0 Å². The second-order valence-electron chi connectivity index (χ2n) is 3.72. The summed E-state index contributed by atoms with van der Waals surface area (Å²) in [5.74, 6) is 0.119. The average molecular weight is 192 g/mol. The Hall–Kier alpha value is -1.22. The van der Waals surface area contributed by atoms with Crippen molar-refractivity contribution in [2.75, 3.05) is 0 Å². The van der Waals surface area contributed by atoms with Crippen LogP contribution in [-0.2, 0) is 11.2 Å². The summed E-state index contributed by atoms with van der Waals surface area (Å²) in [5.41, 5.74) is 6.84. The molecule has 1 aromatic rings. The molecule has 14 heavy (non-hydrogen) atoms. The fourth-order valence-corrected chi connectivity index (χ4v) is 1.30. The number of Topliss-reactive ketones (excluding diaryl/α,β-unsaturated/α-hetero) is 1. The molecule has 0 aromatic carbocycles. The van der Waals surface area contributed by atoms with E-state index in [0.29, 0.717) is 6.42 Å². The van der Waals surface area contributed by atoms with Crippen LogP contribution >= 0.6 is 0 Å². The van der Waals surface area contributed by atoms with E-state index >= 15 is 0 Å². The number of nitrogens with two attached hydrogens (primary N) is 1. The molecular weight excluding hydrogens is 176 g/mol. The van der Waals surface area contributed by atoms with Crippen molar-refractivity contribution in [3.63, 3.8) is 0 Å². The van der Waals surface area contributed by atoms with Crippen LogP contribution in [0, 0.1) is 5.92 Å². The van der Waals surface area contributed by atoms with Crippen LogP contribution in [0.1, 0.15) is 19.4 Å². The van der Waals surface area contributed by atoms with Crippen molar-refractivity contribution in [3.8, 4) is 0 Å². The van der Waals surface area contributed by atoms with E-state index in [2.05, 4.69) is 4.98 Å². The van der Waals surface area contributed by atoms with Crippen LogP contribution in [0.25, 0.3) is 0 Å². The minimum Gasteiger partial charge on any atom is -0.321 e. The van der Waals surface area contributed by atoms with Crippen molar-refractivity contribution >= 4 is 5.78 Å². The van der Waals surface area contributed by atoms with Crippen LogP contribution in [0.15, 0.2) is 24.5 Å². The normalized spacial score (nSPS) is 12.9. The number of nitrogens with zero attached hydrogens (tertiary/aromatic N) is 1. The zero-order valence-electron chi connectivity index (χ0n) is 8.60. The summed E-state index contributed by atoms with van der Waals surface area (Å²) in [5, 5.41) is 0. The molecule has 1 atom stereocenters. The highest BCUT2D eigenvalue weighted by atomic mass is 16.1. The van der Waals surface area contributed by atoms with Gasteiger partial charge in [0.1, 0.15) is 0 Å². The lowest BCUT2D eigenvalue weighted by Gasteiger charge is -2.12. The maximum Gasteiger partial charge on any atom is 0.152 e. The maximum absolute atomic E-state index is 11.5. The fourth-order valence-electron chi connectivity index (χ4n) is 1.30. The van der Waals surface area contributed by atoms with Gasteiger partial charge in [0.05, 0.1) is 6.04 Å². The first-order chi connectivity index (χ1) is 6.61. The maximum atomic E-state index is 11.5. The highest BCUT2D eigenvalue weighted by Gasteiger charge is 2.16. The van der Waals surface area contributed by atoms with E-state index in [1.165, 1.54) is 0 Å². The Balaban J connectivity index is 2.57. The van der Waals surface area contributed by atoms with E-state index in [1.807, 2.05) is 26.0 Å². The van der Waals surface area contributed by atoms with Gasteiger partial charge in [0, 0.05) is 18.3 Å². The molecule has 0 saturated heterocycles. The molecule has 3 heteroatoms. The second-order valence-corrected chi connectivity index (χ2v) is 3.72. The molecule has 0 radical (unpaired) electrons. The van der Waals surface area contributed by atoms with Gasteiger partial charge in [0.25, 0.3) is 0 Å². The number of carbonyl (C=O) groups excluding carboxylic acids is 1. The standard InChI is InChI=1S/C11H16N2O/c1-8(2)11(14)10(12)7-9-3-5-13-6-4-9/h3-6,8,10H,7,12H2,1-2H3/t10-/m0/s1. The lowest BCUT2D eigenvalue weighted by atomic mass is 9.97. The van der Waals surface area contributed by atoms with E-state index < -0.39 is 6.04 Å². The molecule has 76 valence electrons. The number of carbonyl (C=O) groups is 1. The number of pyridine rings is 1. The van der Waals surface area contributed by atoms with Gasteiger partial charge in [-0.3, -0.25) is 9.78 Å². The molecule has 0 spiro atoms. The largest absolute Gasteiger partial charge is 0.321 e. The predicted octanol–water partition coefficient (Wildman–Crippen LogP) is 1.18. The van der Waals surface area contributed by atoms with Gasteiger partial charge < -0.3 is 5.73 Å². The number of hydrogen-bond donors (Lipinski definition) is 1. The molecule has 0 aliphatic heterocycles. The van der Waals surface area contributed by atoms with Crippen LogP contribution in [0.5, 0.6) is 0 Å². The number of ketones is 1. The van der Waals surface area contributed by atoms with Crippen molar-refractivity contribution in [3.05, 3.63) is 30.1 Å². The first-order valence-corrected chi connectivity index (χ1v) is 4.79. The van der Waals surface area contributed by atoms with Crippen LogP contribution in [-0.4, -0.2) is 16.8 Å². The minimum atomic E-state index is -0.391. The SMILES string of the molecule is CC(C)C(=O)[C@@H](N)Cc1ccncc1. The average Bonchev–Trinajstić information content (AvgIpc) is 2.18. The van der Waals surface area contributed by atoms with Crippen LogP contribution in [0.2, 0.25) is 0 Å². The van der Waals surface area contributed by atoms with Crippen molar-refractivity contribution in [2.45, 2.75) is 26.3 Å².